The molecule has 1 aromatic rings. The van der Waals surface area contributed by atoms with Gasteiger partial charge in [0.1, 0.15) is 17.1 Å². The average Bonchev–Trinajstić information content (AvgIpc) is 2.70. The third-order valence-electron chi connectivity index (χ3n) is 7.07. The summed E-state index contributed by atoms with van der Waals surface area (Å²) in [5.41, 5.74) is 3.17. The van der Waals surface area contributed by atoms with E-state index in [-0.39, 0.29) is 29.1 Å². The zero-order valence-electron chi connectivity index (χ0n) is 20.9. The molecule has 1 aliphatic carbocycles. The first-order valence-corrected chi connectivity index (χ1v) is 12.3. The summed E-state index contributed by atoms with van der Waals surface area (Å²) in [5.74, 6) is 1.05. The molecule has 0 radical (unpaired) electrons. The number of hydrogen-bond acceptors (Lipinski definition) is 4. The number of nitrogens with zero attached hydrogens (tertiary/aromatic N) is 1. The summed E-state index contributed by atoms with van der Waals surface area (Å²) in [6, 6.07) is 2.04. The Morgan fingerprint density at radius 2 is 2.03 bits per heavy atom. The van der Waals surface area contributed by atoms with E-state index in [1.54, 1.807) is 0 Å². The van der Waals surface area contributed by atoms with E-state index in [1.807, 2.05) is 20.2 Å². The minimum Gasteiger partial charge on any atom is -0.507 e. The second kappa shape index (κ2) is 10.3. The van der Waals surface area contributed by atoms with Crippen LogP contribution in [0.2, 0.25) is 0 Å². The van der Waals surface area contributed by atoms with Crippen molar-refractivity contribution in [3.63, 3.8) is 0 Å². The fourth-order valence-corrected chi connectivity index (χ4v) is 5.31. The molecule has 2 N–H and O–H groups in total. The largest absolute Gasteiger partial charge is 0.507 e. The monoisotopic (exact) mass is 442 g/mol. The Hall–Kier alpha value is -2.01. The van der Waals surface area contributed by atoms with Crippen LogP contribution in [0.4, 0.5) is 0 Å². The molecule has 32 heavy (non-hydrogen) atoms. The smallest absolute Gasteiger partial charge is 0.255 e. The van der Waals surface area contributed by atoms with E-state index >= 15 is 0 Å². The predicted molar refractivity (Wildman–Crippen MR) is 131 cm³/mol. The number of ether oxygens (including phenoxy) is 1. The molecule has 0 bridgehead atoms. The number of carbonyl (C=O) groups excluding carboxylic acids is 1. The molecule has 0 saturated heterocycles. The van der Waals surface area contributed by atoms with Crippen LogP contribution < -0.4 is 10.1 Å². The molecule has 3 rings (SSSR count). The SMILES string of the molecule is CCCCCc1cc2c(c(O)c1C(=O)NCCCN(C)C)C1C=C(C)CCC1C(C)(C)O2. The number of unbranched alkanes of at least 4 members (excludes halogenated alkanes) is 2. The number of amides is 1. The van der Waals surface area contributed by atoms with Gasteiger partial charge in [0.05, 0.1) is 5.56 Å². The molecule has 5 nitrogen and oxygen atoms in total. The van der Waals surface area contributed by atoms with E-state index in [4.69, 9.17) is 4.74 Å². The fraction of sp³-hybridized carbons (Fsp3) is 0.667. The van der Waals surface area contributed by atoms with Crippen molar-refractivity contribution in [1.29, 1.82) is 0 Å². The number of aryl methyl sites for hydroxylation is 1. The van der Waals surface area contributed by atoms with E-state index in [9.17, 15) is 9.90 Å². The van der Waals surface area contributed by atoms with E-state index in [0.717, 1.165) is 68.4 Å². The average molecular weight is 443 g/mol. The van der Waals surface area contributed by atoms with Gasteiger partial charge in [0, 0.05) is 23.9 Å². The first-order chi connectivity index (χ1) is 15.2. The second-order valence-electron chi connectivity index (χ2n) is 10.4. The molecule has 0 saturated carbocycles. The van der Waals surface area contributed by atoms with E-state index in [0.29, 0.717) is 12.1 Å². The van der Waals surface area contributed by atoms with E-state index in [2.05, 4.69) is 44.0 Å². The Balaban J connectivity index is 2.01. The quantitative estimate of drug-likeness (QED) is 0.396. The summed E-state index contributed by atoms with van der Waals surface area (Å²) in [7, 11) is 4.06. The summed E-state index contributed by atoms with van der Waals surface area (Å²) in [4.78, 5) is 15.4. The van der Waals surface area contributed by atoms with Gasteiger partial charge in [0.25, 0.3) is 5.91 Å². The molecule has 1 amide bonds. The molecule has 2 unspecified atom stereocenters. The highest BCUT2D eigenvalue weighted by molar-refractivity contribution is 5.99. The molecule has 2 aliphatic rings. The first-order valence-electron chi connectivity index (χ1n) is 12.3. The van der Waals surface area contributed by atoms with Crippen LogP contribution >= 0.6 is 0 Å². The van der Waals surface area contributed by atoms with Crippen molar-refractivity contribution in [1.82, 2.24) is 10.2 Å². The highest BCUT2D eigenvalue weighted by Crippen LogP contribution is 2.54. The van der Waals surface area contributed by atoms with Gasteiger partial charge in [-0.1, -0.05) is 31.4 Å². The third kappa shape index (κ3) is 5.31. The summed E-state index contributed by atoms with van der Waals surface area (Å²) in [5, 5.41) is 14.6. The van der Waals surface area contributed by atoms with Crippen LogP contribution in [0.3, 0.4) is 0 Å². The topological polar surface area (TPSA) is 61.8 Å². The Bertz CT molecular complexity index is 857. The molecular weight excluding hydrogens is 400 g/mol. The van der Waals surface area contributed by atoms with Crippen LogP contribution in [-0.2, 0) is 6.42 Å². The Morgan fingerprint density at radius 1 is 1.28 bits per heavy atom. The zero-order valence-corrected chi connectivity index (χ0v) is 20.9. The third-order valence-corrected chi connectivity index (χ3v) is 7.07. The van der Waals surface area contributed by atoms with Gasteiger partial charge in [-0.15, -0.1) is 0 Å². The number of phenolic OH excluding ortho intramolecular Hbond substituents is 1. The molecule has 2 atom stereocenters. The molecule has 1 aromatic carbocycles. The molecule has 0 spiro atoms. The second-order valence-corrected chi connectivity index (χ2v) is 10.4. The van der Waals surface area contributed by atoms with Crippen LogP contribution in [0.1, 0.15) is 93.6 Å². The summed E-state index contributed by atoms with van der Waals surface area (Å²) in [6.07, 6.45) is 9.21. The van der Waals surface area contributed by atoms with Gasteiger partial charge in [-0.05, 0) is 85.1 Å². The predicted octanol–water partition coefficient (Wildman–Crippen LogP) is 5.42. The molecule has 0 fully saturated rings. The van der Waals surface area contributed by atoms with Gasteiger partial charge in [0.15, 0.2) is 0 Å². The number of aromatic hydroxyl groups is 1. The molecule has 1 heterocycles. The van der Waals surface area contributed by atoms with Crippen molar-refractivity contribution in [2.45, 2.75) is 84.2 Å². The van der Waals surface area contributed by atoms with Crippen LogP contribution in [0.5, 0.6) is 11.5 Å². The fourth-order valence-electron chi connectivity index (χ4n) is 5.31. The Kier molecular flexibility index (Phi) is 7.92. The summed E-state index contributed by atoms with van der Waals surface area (Å²) >= 11 is 0. The minimum absolute atomic E-state index is 0.0764. The van der Waals surface area contributed by atoms with Gasteiger partial charge in [-0.3, -0.25) is 4.79 Å². The zero-order chi connectivity index (χ0) is 23.5. The van der Waals surface area contributed by atoms with Crippen LogP contribution in [-0.4, -0.2) is 48.7 Å². The van der Waals surface area contributed by atoms with Crippen LogP contribution in [0.25, 0.3) is 0 Å². The van der Waals surface area contributed by atoms with Crippen molar-refractivity contribution < 1.29 is 14.6 Å². The van der Waals surface area contributed by atoms with Gasteiger partial charge < -0.3 is 20.1 Å². The molecule has 0 aromatic heterocycles. The number of rotatable bonds is 9. The number of phenols is 1. The maximum Gasteiger partial charge on any atom is 0.255 e. The maximum atomic E-state index is 13.3. The van der Waals surface area contributed by atoms with Crippen molar-refractivity contribution in [3.05, 3.63) is 34.4 Å². The molecule has 178 valence electrons. The summed E-state index contributed by atoms with van der Waals surface area (Å²) < 4.78 is 6.48. The van der Waals surface area contributed by atoms with Crippen molar-refractivity contribution in [2.75, 3.05) is 27.2 Å². The number of hydrogen-bond donors (Lipinski definition) is 2. The van der Waals surface area contributed by atoms with E-state index in [1.165, 1.54) is 5.57 Å². The van der Waals surface area contributed by atoms with Crippen LogP contribution in [0, 0.1) is 5.92 Å². The van der Waals surface area contributed by atoms with Crippen molar-refractivity contribution >= 4 is 5.91 Å². The number of allylic oxidation sites excluding steroid dienone is 2. The van der Waals surface area contributed by atoms with Gasteiger partial charge in [0.2, 0.25) is 0 Å². The number of nitrogens with one attached hydrogen (secondary N) is 1. The van der Waals surface area contributed by atoms with Gasteiger partial charge in [-0.25, -0.2) is 0 Å². The maximum absolute atomic E-state index is 13.3. The van der Waals surface area contributed by atoms with Gasteiger partial charge in [-0.2, -0.15) is 0 Å². The lowest BCUT2D eigenvalue weighted by Gasteiger charge is -2.46. The lowest BCUT2D eigenvalue weighted by Crippen LogP contribution is -2.45. The van der Waals surface area contributed by atoms with Crippen molar-refractivity contribution in [2.24, 2.45) is 5.92 Å². The highest BCUT2D eigenvalue weighted by Gasteiger charge is 2.46. The number of carbonyl (C=O) groups is 1. The van der Waals surface area contributed by atoms with E-state index < -0.39 is 0 Å². The van der Waals surface area contributed by atoms with Crippen molar-refractivity contribution in [3.8, 4) is 11.5 Å². The standard InChI is InChI=1S/C27H42N2O3/c1-7-8-9-11-19-17-22-24(20-16-18(2)12-13-21(20)27(3,4)32-22)25(30)23(19)26(31)28-14-10-15-29(5)6/h16-17,20-21,30H,7-15H2,1-6H3,(H,28,31). The highest BCUT2D eigenvalue weighted by atomic mass is 16.5. The molecule has 5 heteroatoms. The lowest BCUT2D eigenvalue weighted by molar-refractivity contribution is 0.0107. The Morgan fingerprint density at radius 3 is 2.72 bits per heavy atom. The summed E-state index contributed by atoms with van der Waals surface area (Å²) in [6.45, 7) is 10.1. The molecule has 1 aliphatic heterocycles. The normalized spacial score (nSPS) is 21.4. The minimum atomic E-state index is -0.308. The van der Waals surface area contributed by atoms with Gasteiger partial charge >= 0.3 is 0 Å². The molecular formula is C27H42N2O3. The Labute approximate surface area is 194 Å². The van der Waals surface area contributed by atoms with Crippen LogP contribution in [0.15, 0.2) is 17.7 Å². The number of benzene rings is 1. The first kappa shape index (κ1) is 24.6. The lowest BCUT2D eigenvalue weighted by atomic mass is 9.67. The number of fused-ring (bicyclic) bond motifs is 3.